The van der Waals surface area contributed by atoms with Crippen LogP contribution in [0, 0.1) is 6.92 Å². The average molecular weight is 244 g/mol. The van der Waals surface area contributed by atoms with Crippen molar-refractivity contribution in [2.75, 3.05) is 12.3 Å². The number of carboxylic acids is 1. The minimum atomic E-state index is -0.950. The fourth-order valence-corrected chi connectivity index (χ4v) is 2.13. The Hall–Kier alpha value is -1.08. The third-order valence-corrected chi connectivity index (χ3v) is 3.27. The number of nitrogens with one attached hydrogen (secondary N) is 2. The molecule has 1 aromatic heterocycles. The lowest BCUT2D eigenvalue weighted by Gasteiger charge is -2.24. The number of thioether (sulfide) groups is 1. The van der Waals surface area contributed by atoms with E-state index in [1.54, 1.807) is 13.8 Å². The molecule has 6 nitrogen and oxygen atoms in total. The first-order valence-corrected chi connectivity index (χ1v) is 5.96. The van der Waals surface area contributed by atoms with Gasteiger partial charge in [-0.25, -0.2) is 4.98 Å². The van der Waals surface area contributed by atoms with Crippen LogP contribution in [0.15, 0.2) is 5.16 Å². The molecule has 1 aromatic rings. The molecule has 1 rings (SSSR count). The van der Waals surface area contributed by atoms with Gasteiger partial charge in [0.1, 0.15) is 11.4 Å². The summed E-state index contributed by atoms with van der Waals surface area (Å²) in [6.07, 6.45) is 0. The van der Waals surface area contributed by atoms with Crippen LogP contribution < -0.4 is 5.32 Å². The molecule has 16 heavy (non-hydrogen) atoms. The largest absolute Gasteiger partial charge is 0.480 e. The van der Waals surface area contributed by atoms with Crippen molar-refractivity contribution < 1.29 is 9.90 Å². The minimum absolute atomic E-state index is 0.382. The number of likely N-dealkylation sites (N-methyl/N-ethyl adjacent to an activating group) is 1. The molecule has 0 spiro atoms. The van der Waals surface area contributed by atoms with E-state index in [0.29, 0.717) is 17.5 Å². The fraction of sp³-hybridized carbons (Fsp3) is 0.667. The van der Waals surface area contributed by atoms with Crippen LogP contribution in [-0.2, 0) is 4.79 Å². The van der Waals surface area contributed by atoms with Crippen molar-refractivity contribution in [2.45, 2.75) is 31.5 Å². The van der Waals surface area contributed by atoms with Crippen LogP contribution in [0.1, 0.15) is 19.7 Å². The number of hydrogen-bond donors (Lipinski definition) is 3. The lowest BCUT2D eigenvalue weighted by molar-refractivity contribution is -0.143. The smallest absolute Gasteiger partial charge is 0.324 e. The molecular weight excluding hydrogens is 228 g/mol. The Bertz CT molecular complexity index is 368. The zero-order valence-corrected chi connectivity index (χ0v) is 10.4. The summed E-state index contributed by atoms with van der Waals surface area (Å²) in [7, 11) is 0. The van der Waals surface area contributed by atoms with Gasteiger partial charge < -0.3 is 10.4 Å². The topological polar surface area (TPSA) is 90.9 Å². The van der Waals surface area contributed by atoms with Gasteiger partial charge in [0.15, 0.2) is 0 Å². The Kier molecular flexibility index (Phi) is 4.31. The van der Waals surface area contributed by atoms with Gasteiger partial charge in [0.05, 0.1) is 0 Å². The molecular formula is C9H16N4O2S. The number of H-pyrrole nitrogens is 1. The third kappa shape index (κ3) is 3.21. The number of aromatic amines is 1. The van der Waals surface area contributed by atoms with Gasteiger partial charge in [0.25, 0.3) is 0 Å². The highest BCUT2D eigenvalue weighted by molar-refractivity contribution is 7.99. The van der Waals surface area contributed by atoms with Crippen molar-refractivity contribution in [1.29, 1.82) is 0 Å². The molecule has 0 fully saturated rings. The minimum Gasteiger partial charge on any atom is -0.480 e. The average Bonchev–Trinajstić information content (AvgIpc) is 2.61. The first-order valence-electron chi connectivity index (χ1n) is 4.98. The van der Waals surface area contributed by atoms with Crippen LogP contribution in [0.4, 0.5) is 0 Å². The summed E-state index contributed by atoms with van der Waals surface area (Å²) in [5, 5.41) is 19.3. The summed E-state index contributed by atoms with van der Waals surface area (Å²) in [6.45, 7) is 5.95. The van der Waals surface area contributed by atoms with Crippen LogP contribution >= 0.6 is 11.8 Å². The molecule has 1 atom stereocenters. The predicted octanol–water partition coefficient (Wildman–Crippen LogP) is 0.658. The Morgan fingerprint density at radius 2 is 2.38 bits per heavy atom. The molecule has 0 aliphatic rings. The van der Waals surface area contributed by atoms with E-state index in [-0.39, 0.29) is 0 Å². The summed E-state index contributed by atoms with van der Waals surface area (Å²) in [5.74, 6) is 0.241. The normalized spacial score (nSPS) is 14.7. The number of carboxylic acid groups (broad SMARTS) is 1. The quantitative estimate of drug-likeness (QED) is 0.637. The Morgan fingerprint density at radius 3 is 2.81 bits per heavy atom. The first kappa shape index (κ1) is 13.0. The molecule has 0 saturated carbocycles. The lowest BCUT2D eigenvalue weighted by Crippen LogP contribution is -2.51. The molecule has 90 valence electrons. The lowest BCUT2D eigenvalue weighted by atomic mass is 10.1. The molecule has 0 bridgehead atoms. The second-order valence-corrected chi connectivity index (χ2v) is 4.60. The summed E-state index contributed by atoms with van der Waals surface area (Å²) >= 11 is 1.32. The summed E-state index contributed by atoms with van der Waals surface area (Å²) in [5.41, 5.74) is -0.950. The van der Waals surface area contributed by atoms with Gasteiger partial charge in [-0.05, 0) is 20.4 Å². The number of rotatable bonds is 6. The number of aliphatic carboxylic acids is 1. The maximum Gasteiger partial charge on any atom is 0.324 e. The maximum atomic E-state index is 11.1. The second kappa shape index (κ2) is 5.31. The molecule has 0 saturated heterocycles. The van der Waals surface area contributed by atoms with Gasteiger partial charge in [0.2, 0.25) is 5.16 Å². The van der Waals surface area contributed by atoms with Gasteiger partial charge in [-0.3, -0.25) is 9.89 Å². The van der Waals surface area contributed by atoms with Crippen molar-refractivity contribution in [3.63, 3.8) is 0 Å². The summed E-state index contributed by atoms with van der Waals surface area (Å²) < 4.78 is 0. The van der Waals surface area contributed by atoms with E-state index in [1.807, 2.05) is 6.92 Å². The van der Waals surface area contributed by atoms with Gasteiger partial charge >= 0.3 is 5.97 Å². The second-order valence-electron chi connectivity index (χ2n) is 3.66. The third-order valence-electron chi connectivity index (χ3n) is 2.11. The van der Waals surface area contributed by atoms with Crippen LogP contribution in [0.3, 0.4) is 0 Å². The van der Waals surface area contributed by atoms with Crippen molar-refractivity contribution >= 4 is 17.7 Å². The van der Waals surface area contributed by atoms with E-state index in [4.69, 9.17) is 5.11 Å². The van der Waals surface area contributed by atoms with Gasteiger partial charge in [-0.1, -0.05) is 18.7 Å². The number of carbonyl (C=O) groups is 1. The van der Waals surface area contributed by atoms with Crippen LogP contribution in [-0.4, -0.2) is 44.1 Å². The van der Waals surface area contributed by atoms with Crippen molar-refractivity contribution in [3.8, 4) is 0 Å². The summed E-state index contributed by atoms with van der Waals surface area (Å²) in [6, 6.07) is 0. The zero-order valence-electron chi connectivity index (χ0n) is 9.57. The Morgan fingerprint density at radius 1 is 1.69 bits per heavy atom. The Labute approximate surface area is 98.2 Å². The molecule has 7 heteroatoms. The van der Waals surface area contributed by atoms with Crippen LogP contribution in [0.2, 0.25) is 0 Å². The van der Waals surface area contributed by atoms with E-state index in [0.717, 1.165) is 5.82 Å². The van der Waals surface area contributed by atoms with Crippen molar-refractivity contribution in [3.05, 3.63) is 5.82 Å². The van der Waals surface area contributed by atoms with Gasteiger partial charge in [-0.2, -0.15) is 0 Å². The van der Waals surface area contributed by atoms with E-state index in [9.17, 15) is 4.79 Å². The first-order chi connectivity index (χ1) is 7.48. The number of hydrogen-bond acceptors (Lipinski definition) is 5. The molecule has 0 aliphatic carbocycles. The molecule has 1 unspecified atom stereocenters. The molecule has 3 N–H and O–H groups in total. The fourth-order valence-electron chi connectivity index (χ4n) is 1.17. The van der Waals surface area contributed by atoms with Crippen LogP contribution in [0.5, 0.6) is 0 Å². The van der Waals surface area contributed by atoms with E-state index in [2.05, 4.69) is 20.5 Å². The maximum absolute atomic E-state index is 11.1. The van der Waals surface area contributed by atoms with E-state index >= 15 is 0 Å². The monoisotopic (exact) mass is 244 g/mol. The molecule has 0 aromatic carbocycles. The number of nitrogens with zero attached hydrogens (tertiary/aromatic N) is 2. The van der Waals surface area contributed by atoms with Gasteiger partial charge in [0, 0.05) is 5.75 Å². The zero-order chi connectivity index (χ0) is 12.2. The van der Waals surface area contributed by atoms with Crippen LogP contribution in [0.25, 0.3) is 0 Å². The number of aryl methyl sites for hydroxylation is 1. The highest BCUT2D eigenvalue weighted by Gasteiger charge is 2.32. The standard InChI is InChI=1S/C9H16N4O2S/c1-4-10-9(3,7(14)15)5-16-8-11-6(2)12-13-8/h10H,4-5H2,1-3H3,(H,14,15)(H,11,12,13). The van der Waals surface area contributed by atoms with E-state index < -0.39 is 11.5 Å². The molecule has 0 aliphatic heterocycles. The molecule has 1 heterocycles. The van der Waals surface area contributed by atoms with Crippen molar-refractivity contribution in [1.82, 2.24) is 20.5 Å². The van der Waals surface area contributed by atoms with Gasteiger partial charge in [-0.15, -0.1) is 5.10 Å². The number of aromatic nitrogens is 3. The van der Waals surface area contributed by atoms with E-state index in [1.165, 1.54) is 11.8 Å². The SMILES string of the molecule is CCNC(C)(CSc1n[nH]c(C)n1)C(=O)O. The molecule has 0 radical (unpaired) electrons. The predicted molar refractivity (Wildman–Crippen MR) is 61.6 cm³/mol. The highest BCUT2D eigenvalue weighted by atomic mass is 32.2. The molecule has 0 amide bonds. The highest BCUT2D eigenvalue weighted by Crippen LogP contribution is 2.19. The Balaban J connectivity index is 2.60. The van der Waals surface area contributed by atoms with Crippen molar-refractivity contribution in [2.24, 2.45) is 0 Å². The summed E-state index contributed by atoms with van der Waals surface area (Å²) in [4.78, 5) is 15.2.